The van der Waals surface area contributed by atoms with Crippen molar-refractivity contribution in [3.8, 4) is 11.4 Å². The van der Waals surface area contributed by atoms with Gasteiger partial charge in [0.2, 0.25) is 5.71 Å². The van der Waals surface area contributed by atoms with E-state index < -0.39 is 0 Å². The fraction of sp³-hybridized carbons (Fsp3) is 0. The number of hydrogen-bond acceptors (Lipinski definition) is 6. The lowest BCUT2D eigenvalue weighted by atomic mass is 10.1. The minimum absolute atomic E-state index is 0.449. The number of rotatable bonds is 1. The highest BCUT2D eigenvalue weighted by Crippen LogP contribution is 2.28. The summed E-state index contributed by atoms with van der Waals surface area (Å²) in [6, 6.07) is 10.0. The molecule has 0 bridgehead atoms. The van der Waals surface area contributed by atoms with Crippen LogP contribution >= 0.6 is 0 Å². The number of furan rings is 1. The van der Waals surface area contributed by atoms with Crippen molar-refractivity contribution in [2.75, 3.05) is 0 Å². The maximum Gasteiger partial charge on any atom is 0.248 e. The molecule has 0 spiro atoms. The summed E-state index contributed by atoms with van der Waals surface area (Å²) in [5.41, 5.74) is 3.78. The molecule has 6 heteroatoms. The van der Waals surface area contributed by atoms with E-state index in [0.717, 1.165) is 16.5 Å². The molecule has 108 valence electrons. The third-order valence-electron chi connectivity index (χ3n) is 3.76. The van der Waals surface area contributed by atoms with Crippen molar-refractivity contribution in [3.63, 3.8) is 0 Å². The van der Waals surface area contributed by atoms with Gasteiger partial charge in [0.1, 0.15) is 17.5 Å². The Morgan fingerprint density at radius 2 is 1.83 bits per heavy atom. The van der Waals surface area contributed by atoms with Gasteiger partial charge >= 0.3 is 0 Å². The standard InChI is InChI=1S/C17H9N5O/c1-2-4-11-10(3-1)5-6-19-14(11)12-7-20-17-16(22-12)15-13(23-17)8-18-9-21-15/h1-9H. The third-order valence-corrected chi connectivity index (χ3v) is 3.76. The van der Waals surface area contributed by atoms with Crippen LogP contribution in [0.2, 0.25) is 0 Å². The molecule has 0 unspecified atom stereocenters. The molecular weight excluding hydrogens is 290 g/mol. The van der Waals surface area contributed by atoms with Crippen molar-refractivity contribution in [3.05, 3.63) is 55.2 Å². The van der Waals surface area contributed by atoms with E-state index in [-0.39, 0.29) is 0 Å². The van der Waals surface area contributed by atoms with Gasteiger partial charge in [-0.05, 0) is 11.5 Å². The quantitative estimate of drug-likeness (QED) is 0.472. The van der Waals surface area contributed by atoms with Crippen LogP contribution in [-0.2, 0) is 0 Å². The van der Waals surface area contributed by atoms with E-state index >= 15 is 0 Å². The van der Waals surface area contributed by atoms with E-state index in [1.165, 1.54) is 6.33 Å². The van der Waals surface area contributed by atoms with Gasteiger partial charge in [0.25, 0.3) is 0 Å². The second kappa shape index (κ2) is 4.54. The minimum atomic E-state index is 0.449. The van der Waals surface area contributed by atoms with Gasteiger partial charge in [-0.25, -0.2) is 19.9 Å². The monoisotopic (exact) mass is 299 g/mol. The number of aromatic nitrogens is 5. The Morgan fingerprint density at radius 1 is 0.870 bits per heavy atom. The van der Waals surface area contributed by atoms with Gasteiger partial charge < -0.3 is 4.42 Å². The van der Waals surface area contributed by atoms with Crippen LogP contribution in [0, 0.1) is 0 Å². The van der Waals surface area contributed by atoms with Gasteiger partial charge in [0.05, 0.1) is 18.1 Å². The van der Waals surface area contributed by atoms with Gasteiger partial charge in [0, 0.05) is 11.6 Å². The molecule has 0 radical (unpaired) electrons. The zero-order valence-electron chi connectivity index (χ0n) is 11.8. The van der Waals surface area contributed by atoms with Gasteiger partial charge in [-0.2, -0.15) is 0 Å². The number of hydrogen-bond donors (Lipinski definition) is 0. The predicted octanol–water partition coefficient (Wildman–Crippen LogP) is 3.38. The van der Waals surface area contributed by atoms with Crippen LogP contribution in [0.1, 0.15) is 0 Å². The van der Waals surface area contributed by atoms with Crippen LogP contribution in [0.5, 0.6) is 0 Å². The minimum Gasteiger partial charge on any atom is -0.433 e. The highest BCUT2D eigenvalue weighted by atomic mass is 16.3. The summed E-state index contributed by atoms with van der Waals surface area (Å²) in [5.74, 6) is 0. The lowest BCUT2D eigenvalue weighted by molar-refractivity contribution is 0.650. The number of nitrogens with zero attached hydrogens (tertiary/aromatic N) is 5. The summed E-state index contributed by atoms with van der Waals surface area (Å²) in [4.78, 5) is 21.7. The largest absolute Gasteiger partial charge is 0.433 e. The highest BCUT2D eigenvalue weighted by molar-refractivity contribution is 5.99. The third kappa shape index (κ3) is 1.78. The topological polar surface area (TPSA) is 77.6 Å². The van der Waals surface area contributed by atoms with Crippen molar-refractivity contribution in [1.29, 1.82) is 0 Å². The number of fused-ring (bicyclic) bond motifs is 4. The first-order valence-corrected chi connectivity index (χ1v) is 7.09. The van der Waals surface area contributed by atoms with Crippen molar-refractivity contribution >= 4 is 33.1 Å². The van der Waals surface area contributed by atoms with Crippen LogP contribution in [0.4, 0.5) is 0 Å². The molecule has 0 fully saturated rings. The fourth-order valence-corrected chi connectivity index (χ4v) is 2.72. The summed E-state index contributed by atoms with van der Waals surface area (Å²) < 4.78 is 5.61. The van der Waals surface area contributed by atoms with Crippen LogP contribution in [-0.4, -0.2) is 24.9 Å². The highest BCUT2D eigenvalue weighted by Gasteiger charge is 2.14. The molecule has 4 aromatic heterocycles. The Labute approximate surface area is 129 Å². The smallest absolute Gasteiger partial charge is 0.248 e. The van der Waals surface area contributed by atoms with Gasteiger partial charge in [0.15, 0.2) is 11.1 Å². The fourth-order valence-electron chi connectivity index (χ4n) is 2.72. The number of benzene rings is 1. The van der Waals surface area contributed by atoms with Crippen LogP contribution in [0.15, 0.2) is 59.7 Å². The molecule has 0 aliphatic heterocycles. The summed E-state index contributed by atoms with van der Waals surface area (Å²) in [6.45, 7) is 0. The zero-order chi connectivity index (χ0) is 15.2. The maximum atomic E-state index is 5.61. The van der Waals surface area contributed by atoms with E-state index in [2.05, 4.69) is 24.9 Å². The maximum absolute atomic E-state index is 5.61. The van der Waals surface area contributed by atoms with E-state index in [1.54, 1.807) is 18.6 Å². The molecule has 0 N–H and O–H groups in total. The van der Waals surface area contributed by atoms with E-state index in [0.29, 0.717) is 28.0 Å². The molecule has 1 aromatic carbocycles. The van der Waals surface area contributed by atoms with Crippen molar-refractivity contribution in [1.82, 2.24) is 24.9 Å². The molecule has 5 aromatic rings. The molecule has 6 nitrogen and oxygen atoms in total. The molecule has 0 saturated heterocycles. The Balaban J connectivity index is 1.84. The molecule has 0 saturated carbocycles. The second-order valence-electron chi connectivity index (χ2n) is 5.13. The molecule has 23 heavy (non-hydrogen) atoms. The van der Waals surface area contributed by atoms with Crippen molar-refractivity contribution < 1.29 is 4.42 Å². The Morgan fingerprint density at radius 3 is 2.83 bits per heavy atom. The molecule has 0 aliphatic rings. The lowest BCUT2D eigenvalue weighted by Gasteiger charge is -2.04. The molecule has 0 atom stereocenters. The second-order valence-corrected chi connectivity index (χ2v) is 5.13. The summed E-state index contributed by atoms with van der Waals surface area (Å²) >= 11 is 0. The first kappa shape index (κ1) is 12.2. The van der Waals surface area contributed by atoms with Crippen LogP contribution in [0.25, 0.3) is 44.5 Å². The van der Waals surface area contributed by atoms with E-state index in [1.807, 2.05) is 30.3 Å². The van der Waals surface area contributed by atoms with Gasteiger partial charge in [-0.1, -0.05) is 24.3 Å². The summed E-state index contributed by atoms with van der Waals surface area (Å²) in [5, 5.41) is 2.14. The first-order valence-electron chi connectivity index (χ1n) is 7.09. The Kier molecular flexibility index (Phi) is 2.40. The van der Waals surface area contributed by atoms with E-state index in [4.69, 9.17) is 4.42 Å². The first-order chi connectivity index (χ1) is 11.4. The van der Waals surface area contributed by atoms with Crippen molar-refractivity contribution in [2.45, 2.75) is 0 Å². The summed E-state index contributed by atoms with van der Waals surface area (Å²) in [6.07, 6.45) is 6.54. The SMILES string of the molecule is c1ccc2c(-c3cnc4oc5cncnc5c4n3)nccc2c1. The normalized spacial score (nSPS) is 11.5. The van der Waals surface area contributed by atoms with Gasteiger partial charge in [-0.3, -0.25) is 4.98 Å². The lowest BCUT2D eigenvalue weighted by Crippen LogP contribution is -1.91. The zero-order valence-corrected chi connectivity index (χ0v) is 11.8. The molecule has 0 aliphatic carbocycles. The summed E-state index contributed by atoms with van der Waals surface area (Å²) in [7, 11) is 0. The molecule has 5 rings (SSSR count). The molecule has 0 amide bonds. The average Bonchev–Trinajstić information content (AvgIpc) is 2.99. The Bertz CT molecular complexity index is 1180. The molecular formula is C17H9N5O. The Hall–Kier alpha value is -3.41. The molecule has 4 heterocycles. The predicted molar refractivity (Wildman–Crippen MR) is 85.6 cm³/mol. The van der Waals surface area contributed by atoms with Crippen LogP contribution < -0.4 is 0 Å². The van der Waals surface area contributed by atoms with Crippen LogP contribution in [0.3, 0.4) is 0 Å². The van der Waals surface area contributed by atoms with Crippen molar-refractivity contribution in [2.24, 2.45) is 0 Å². The van der Waals surface area contributed by atoms with E-state index in [9.17, 15) is 0 Å². The number of pyridine rings is 1. The van der Waals surface area contributed by atoms with Gasteiger partial charge in [-0.15, -0.1) is 0 Å². The average molecular weight is 299 g/mol.